The molecule has 1 fully saturated rings. The number of ketones is 1. The minimum Gasteiger partial charge on any atom is -0.480 e. The van der Waals surface area contributed by atoms with Gasteiger partial charge in [-0.2, -0.15) is 0 Å². The lowest BCUT2D eigenvalue weighted by molar-refractivity contribution is -0.136. The van der Waals surface area contributed by atoms with Gasteiger partial charge in [0.25, 0.3) is 0 Å². The van der Waals surface area contributed by atoms with Gasteiger partial charge < -0.3 is 5.11 Å². The predicted octanol–water partition coefficient (Wildman–Crippen LogP) is 2.22. The van der Waals surface area contributed by atoms with Crippen molar-refractivity contribution in [3.63, 3.8) is 0 Å². The first-order valence-electron chi connectivity index (χ1n) is 7.05. The van der Waals surface area contributed by atoms with E-state index >= 15 is 0 Å². The Morgan fingerprint density at radius 3 is 2.39 bits per heavy atom. The minimum absolute atomic E-state index is 0.0122. The van der Waals surface area contributed by atoms with Crippen LogP contribution in [0, 0.1) is 11.8 Å². The Bertz CT molecular complexity index is 285. The lowest BCUT2D eigenvalue weighted by atomic mass is 9.79. The Kier molecular flexibility index (Phi) is 6.33. The third-order valence-electron chi connectivity index (χ3n) is 4.00. The number of rotatable bonds is 7. The van der Waals surface area contributed by atoms with E-state index in [1.54, 1.807) is 0 Å². The van der Waals surface area contributed by atoms with Crippen LogP contribution in [0.4, 0.5) is 0 Å². The second-order valence-corrected chi connectivity index (χ2v) is 5.36. The van der Waals surface area contributed by atoms with Gasteiger partial charge in [0.05, 0.1) is 12.6 Å². The van der Waals surface area contributed by atoms with Crippen molar-refractivity contribution in [2.24, 2.45) is 11.8 Å². The Morgan fingerprint density at radius 2 is 1.89 bits per heavy atom. The molecule has 0 saturated heterocycles. The standard InChI is InChI=1S/C14H25NO3/c1-3-10(2)14(18)13(15-9-12(16)17)11-7-5-4-6-8-11/h10-11,13,15H,3-9H2,1-2H3,(H,16,17). The first kappa shape index (κ1) is 15.2. The van der Waals surface area contributed by atoms with E-state index in [-0.39, 0.29) is 24.3 Å². The molecule has 1 aliphatic carbocycles. The van der Waals surface area contributed by atoms with Crippen LogP contribution in [-0.4, -0.2) is 29.4 Å². The molecule has 1 saturated carbocycles. The highest BCUT2D eigenvalue weighted by molar-refractivity contribution is 5.86. The van der Waals surface area contributed by atoms with Gasteiger partial charge in [0.15, 0.2) is 5.78 Å². The molecule has 0 heterocycles. The fraction of sp³-hybridized carbons (Fsp3) is 0.857. The Labute approximate surface area is 109 Å². The van der Waals surface area contributed by atoms with Crippen molar-refractivity contribution in [1.82, 2.24) is 5.32 Å². The van der Waals surface area contributed by atoms with E-state index in [2.05, 4.69) is 5.32 Å². The van der Waals surface area contributed by atoms with Gasteiger partial charge in [0.1, 0.15) is 0 Å². The highest BCUT2D eigenvalue weighted by atomic mass is 16.4. The van der Waals surface area contributed by atoms with E-state index in [1.807, 2.05) is 13.8 Å². The number of carbonyl (C=O) groups excluding carboxylic acids is 1. The third kappa shape index (κ3) is 4.41. The number of carbonyl (C=O) groups is 2. The second kappa shape index (κ2) is 7.52. The molecule has 1 rings (SSSR count). The average molecular weight is 255 g/mol. The first-order chi connectivity index (χ1) is 8.56. The van der Waals surface area contributed by atoms with Crippen LogP contribution in [0.25, 0.3) is 0 Å². The minimum atomic E-state index is -0.896. The van der Waals surface area contributed by atoms with Crippen molar-refractivity contribution in [2.75, 3.05) is 6.54 Å². The number of aliphatic carboxylic acids is 1. The van der Waals surface area contributed by atoms with Gasteiger partial charge in [-0.25, -0.2) is 0 Å². The zero-order valence-corrected chi connectivity index (χ0v) is 11.4. The number of hydrogen-bond acceptors (Lipinski definition) is 3. The number of hydrogen-bond donors (Lipinski definition) is 2. The maximum absolute atomic E-state index is 12.3. The summed E-state index contributed by atoms with van der Waals surface area (Å²) in [6.45, 7) is 3.81. The summed E-state index contributed by atoms with van der Waals surface area (Å²) in [4.78, 5) is 23.0. The molecular formula is C14H25NO3. The van der Waals surface area contributed by atoms with Gasteiger partial charge in [-0.15, -0.1) is 0 Å². The summed E-state index contributed by atoms with van der Waals surface area (Å²) >= 11 is 0. The molecule has 0 aliphatic heterocycles. The van der Waals surface area contributed by atoms with Crippen molar-refractivity contribution in [3.8, 4) is 0 Å². The molecule has 0 aromatic carbocycles. The van der Waals surface area contributed by atoms with Crippen LogP contribution in [0.15, 0.2) is 0 Å². The van der Waals surface area contributed by atoms with Gasteiger partial charge in [0, 0.05) is 5.92 Å². The number of nitrogens with one attached hydrogen (secondary N) is 1. The van der Waals surface area contributed by atoms with Crippen LogP contribution >= 0.6 is 0 Å². The fourth-order valence-electron chi connectivity index (χ4n) is 2.67. The number of Topliss-reactive ketones (excluding diaryl/α,β-unsaturated/α-hetero) is 1. The molecule has 2 unspecified atom stereocenters. The fourth-order valence-corrected chi connectivity index (χ4v) is 2.67. The predicted molar refractivity (Wildman–Crippen MR) is 70.5 cm³/mol. The highest BCUT2D eigenvalue weighted by Crippen LogP contribution is 2.28. The summed E-state index contributed by atoms with van der Waals surface area (Å²) < 4.78 is 0. The molecule has 18 heavy (non-hydrogen) atoms. The topological polar surface area (TPSA) is 66.4 Å². The Balaban J connectivity index is 2.66. The normalized spacial score (nSPS) is 20.3. The van der Waals surface area contributed by atoms with Crippen LogP contribution in [-0.2, 0) is 9.59 Å². The molecule has 0 bridgehead atoms. The quantitative estimate of drug-likeness (QED) is 0.732. The summed E-state index contributed by atoms with van der Waals surface area (Å²) in [5.74, 6) is -0.378. The zero-order chi connectivity index (χ0) is 13.5. The largest absolute Gasteiger partial charge is 0.480 e. The number of carboxylic acids is 1. The molecule has 0 amide bonds. The maximum Gasteiger partial charge on any atom is 0.317 e. The monoisotopic (exact) mass is 255 g/mol. The van der Waals surface area contributed by atoms with Crippen molar-refractivity contribution >= 4 is 11.8 Å². The van der Waals surface area contributed by atoms with Crippen molar-refractivity contribution in [3.05, 3.63) is 0 Å². The van der Waals surface area contributed by atoms with Gasteiger partial charge in [-0.05, 0) is 25.2 Å². The summed E-state index contributed by atoms with van der Waals surface area (Å²) in [5.41, 5.74) is 0. The lowest BCUT2D eigenvalue weighted by Gasteiger charge is -2.31. The van der Waals surface area contributed by atoms with Crippen molar-refractivity contribution < 1.29 is 14.7 Å². The Morgan fingerprint density at radius 1 is 1.28 bits per heavy atom. The van der Waals surface area contributed by atoms with Crippen LogP contribution in [0.5, 0.6) is 0 Å². The molecule has 4 nitrogen and oxygen atoms in total. The second-order valence-electron chi connectivity index (χ2n) is 5.36. The summed E-state index contributed by atoms with van der Waals surface area (Å²) in [7, 11) is 0. The van der Waals surface area contributed by atoms with Gasteiger partial charge in [0.2, 0.25) is 0 Å². The molecule has 2 N–H and O–H groups in total. The lowest BCUT2D eigenvalue weighted by Crippen LogP contribution is -2.47. The zero-order valence-electron chi connectivity index (χ0n) is 11.4. The summed E-state index contributed by atoms with van der Waals surface area (Å²) in [6.07, 6.45) is 6.45. The molecular weight excluding hydrogens is 230 g/mol. The highest BCUT2D eigenvalue weighted by Gasteiger charge is 2.31. The van der Waals surface area contributed by atoms with Crippen LogP contribution in [0.1, 0.15) is 52.4 Å². The molecule has 0 spiro atoms. The third-order valence-corrected chi connectivity index (χ3v) is 4.00. The van der Waals surface area contributed by atoms with E-state index in [9.17, 15) is 9.59 Å². The molecule has 4 heteroatoms. The first-order valence-corrected chi connectivity index (χ1v) is 7.05. The number of carboxylic acid groups (broad SMARTS) is 1. The molecule has 0 aromatic rings. The van der Waals surface area contributed by atoms with Crippen LogP contribution in [0.2, 0.25) is 0 Å². The van der Waals surface area contributed by atoms with Crippen molar-refractivity contribution in [1.29, 1.82) is 0 Å². The van der Waals surface area contributed by atoms with Gasteiger partial charge in [-0.3, -0.25) is 14.9 Å². The van der Waals surface area contributed by atoms with Crippen LogP contribution < -0.4 is 5.32 Å². The van der Waals surface area contributed by atoms with E-state index in [4.69, 9.17) is 5.11 Å². The van der Waals surface area contributed by atoms with Gasteiger partial charge >= 0.3 is 5.97 Å². The van der Waals surface area contributed by atoms with Crippen molar-refractivity contribution in [2.45, 2.75) is 58.4 Å². The van der Waals surface area contributed by atoms with Crippen LogP contribution in [0.3, 0.4) is 0 Å². The Hall–Kier alpha value is -0.900. The van der Waals surface area contributed by atoms with E-state index in [0.29, 0.717) is 5.92 Å². The summed E-state index contributed by atoms with van der Waals surface area (Å²) in [6, 6.07) is -0.267. The SMILES string of the molecule is CCC(C)C(=O)C(NCC(=O)O)C1CCCCC1. The van der Waals surface area contributed by atoms with E-state index < -0.39 is 5.97 Å². The smallest absolute Gasteiger partial charge is 0.317 e. The molecule has 104 valence electrons. The maximum atomic E-state index is 12.3. The van der Waals surface area contributed by atoms with E-state index in [1.165, 1.54) is 6.42 Å². The van der Waals surface area contributed by atoms with E-state index in [0.717, 1.165) is 32.1 Å². The average Bonchev–Trinajstić information content (AvgIpc) is 2.38. The summed E-state index contributed by atoms with van der Waals surface area (Å²) in [5, 5.41) is 11.7. The molecule has 0 aromatic heterocycles. The molecule has 0 radical (unpaired) electrons. The molecule has 1 aliphatic rings. The van der Waals surface area contributed by atoms with Gasteiger partial charge in [-0.1, -0.05) is 33.1 Å². The molecule has 2 atom stereocenters.